The van der Waals surface area contributed by atoms with Gasteiger partial charge in [-0.25, -0.2) is 0 Å². The summed E-state index contributed by atoms with van der Waals surface area (Å²) in [7, 11) is 0. The summed E-state index contributed by atoms with van der Waals surface area (Å²) in [4.78, 5) is 4.75. The Morgan fingerprint density at radius 2 is 0.786 bits per heavy atom. The van der Waals surface area contributed by atoms with E-state index in [1.54, 1.807) is 0 Å². The predicted molar refractivity (Wildman–Crippen MR) is 236 cm³/mol. The quantitative estimate of drug-likeness (QED) is 0.171. The summed E-state index contributed by atoms with van der Waals surface area (Å²) in [6, 6.07) is 69.7. The second kappa shape index (κ2) is 12.5. The van der Waals surface area contributed by atoms with Gasteiger partial charge >= 0.3 is 0 Å². The van der Waals surface area contributed by atoms with Crippen LogP contribution in [0.2, 0.25) is 0 Å². The lowest BCUT2D eigenvalue weighted by Gasteiger charge is -2.29. The van der Waals surface area contributed by atoms with Crippen LogP contribution in [-0.4, -0.2) is 0 Å². The molecule has 3 nitrogen and oxygen atoms in total. The highest BCUT2D eigenvalue weighted by Crippen LogP contribution is 2.58. The van der Waals surface area contributed by atoms with E-state index in [1.807, 2.05) is 0 Å². The Labute approximate surface area is 326 Å². The van der Waals surface area contributed by atoms with Gasteiger partial charge in [-0.2, -0.15) is 0 Å². The average Bonchev–Trinajstić information content (AvgIpc) is 3.74. The molecule has 0 saturated carbocycles. The van der Waals surface area contributed by atoms with Gasteiger partial charge in [0.2, 0.25) is 0 Å². The molecule has 10 aromatic rings. The molecule has 0 aliphatic heterocycles. The molecule has 0 unspecified atom stereocenters. The molecule has 1 aromatic heterocycles. The van der Waals surface area contributed by atoms with Crippen LogP contribution in [0.4, 0.5) is 34.1 Å². The number of para-hydroxylation sites is 4. The lowest BCUT2D eigenvalue weighted by Crippen LogP contribution is -2.17. The van der Waals surface area contributed by atoms with Crippen molar-refractivity contribution in [3.63, 3.8) is 0 Å². The summed E-state index contributed by atoms with van der Waals surface area (Å²) in [5, 5.41) is 7.14. The SMILES string of the molecule is CC1(C)c2cc(N(c3ccccc3)c3ccccc3)c3ccccc3c2-c2c1ccc1oc3cc(N(c4ccccc4)c4ccccc4)c4ccccc4c3c21. The van der Waals surface area contributed by atoms with E-state index < -0.39 is 0 Å². The second-order valence-electron chi connectivity index (χ2n) is 15.3. The Hall–Kier alpha value is -7.10. The third-order valence-corrected chi connectivity index (χ3v) is 11.8. The lowest BCUT2D eigenvalue weighted by atomic mass is 9.81. The Morgan fingerprint density at radius 1 is 0.357 bits per heavy atom. The molecule has 1 aliphatic rings. The normalized spacial score (nSPS) is 13.0. The molecule has 56 heavy (non-hydrogen) atoms. The molecular weight excluding hydrogens is 681 g/mol. The molecule has 1 aliphatic carbocycles. The van der Waals surface area contributed by atoms with Gasteiger partial charge in [0.05, 0.1) is 11.4 Å². The highest BCUT2D eigenvalue weighted by Gasteiger charge is 2.40. The molecular formula is C53H38N2O. The van der Waals surface area contributed by atoms with E-state index in [0.29, 0.717) is 0 Å². The van der Waals surface area contributed by atoms with E-state index in [4.69, 9.17) is 4.42 Å². The Balaban J connectivity index is 1.22. The predicted octanol–water partition coefficient (Wildman–Crippen LogP) is 15.1. The summed E-state index contributed by atoms with van der Waals surface area (Å²) >= 11 is 0. The van der Waals surface area contributed by atoms with Gasteiger partial charge in [-0.15, -0.1) is 0 Å². The minimum atomic E-state index is -0.270. The molecule has 11 rings (SSSR count). The largest absolute Gasteiger partial charge is 0.456 e. The molecule has 0 amide bonds. The molecule has 0 fully saturated rings. The molecule has 0 spiro atoms. The minimum Gasteiger partial charge on any atom is -0.456 e. The zero-order valence-electron chi connectivity index (χ0n) is 31.3. The minimum absolute atomic E-state index is 0.270. The van der Waals surface area contributed by atoms with Crippen LogP contribution < -0.4 is 9.80 Å². The summed E-state index contributed by atoms with van der Waals surface area (Å²) in [5.74, 6) is 0. The van der Waals surface area contributed by atoms with Crippen molar-refractivity contribution in [2.24, 2.45) is 0 Å². The smallest absolute Gasteiger partial charge is 0.138 e. The highest BCUT2D eigenvalue weighted by molar-refractivity contribution is 6.28. The molecule has 0 bridgehead atoms. The zero-order valence-corrected chi connectivity index (χ0v) is 31.3. The van der Waals surface area contributed by atoms with Crippen LogP contribution >= 0.6 is 0 Å². The number of rotatable bonds is 6. The summed E-state index contributed by atoms with van der Waals surface area (Å²) in [6.45, 7) is 4.76. The van der Waals surface area contributed by atoms with Crippen LogP contribution in [0.15, 0.2) is 199 Å². The maximum Gasteiger partial charge on any atom is 0.138 e. The van der Waals surface area contributed by atoms with Crippen LogP contribution in [0, 0.1) is 0 Å². The zero-order chi connectivity index (χ0) is 37.4. The van der Waals surface area contributed by atoms with Crippen molar-refractivity contribution in [1.82, 2.24) is 0 Å². The maximum atomic E-state index is 6.99. The molecule has 0 N–H and O–H groups in total. The fourth-order valence-corrected chi connectivity index (χ4v) is 9.28. The number of benzene rings is 9. The Kier molecular flexibility index (Phi) is 7.20. The first-order chi connectivity index (χ1) is 27.6. The van der Waals surface area contributed by atoms with Crippen molar-refractivity contribution in [2.45, 2.75) is 19.3 Å². The van der Waals surface area contributed by atoms with Gasteiger partial charge in [0.1, 0.15) is 11.2 Å². The fourth-order valence-electron chi connectivity index (χ4n) is 9.28. The Morgan fingerprint density at radius 3 is 1.30 bits per heavy atom. The second-order valence-corrected chi connectivity index (χ2v) is 15.3. The van der Waals surface area contributed by atoms with E-state index in [2.05, 4.69) is 218 Å². The summed E-state index contributed by atoms with van der Waals surface area (Å²) in [5.41, 5.74) is 13.4. The standard InChI is InChI=1S/C53H38N2O/c1-53(2)43-31-32-47-52(50-42-30-18-16-28-40(42)46(34-48(50)56-47)55(37-23-11-5-12-24-37)38-25-13-6-14-26-38)51(43)49-41-29-17-15-27-39(41)45(33-44(49)53)54(35-19-7-3-8-20-35)36-21-9-4-10-22-36/h3-34H,1-2H3. The van der Waals surface area contributed by atoms with E-state index in [1.165, 1.54) is 54.9 Å². The van der Waals surface area contributed by atoms with Gasteiger partial charge in [0, 0.05) is 55.8 Å². The van der Waals surface area contributed by atoms with Crippen LogP contribution in [0.5, 0.6) is 0 Å². The van der Waals surface area contributed by atoms with Gasteiger partial charge in [-0.3, -0.25) is 0 Å². The number of nitrogens with zero attached hydrogens (tertiary/aromatic N) is 2. The third kappa shape index (κ3) is 4.77. The molecule has 0 saturated heterocycles. The molecule has 9 aromatic carbocycles. The molecule has 1 heterocycles. The van der Waals surface area contributed by atoms with Gasteiger partial charge in [0.25, 0.3) is 0 Å². The average molecular weight is 719 g/mol. The van der Waals surface area contributed by atoms with E-state index in [-0.39, 0.29) is 5.41 Å². The molecule has 0 atom stereocenters. The summed E-state index contributed by atoms with van der Waals surface area (Å²) < 4.78 is 6.99. The van der Waals surface area contributed by atoms with Crippen molar-refractivity contribution in [3.05, 3.63) is 205 Å². The third-order valence-electron chi connectivity index (χ3n) is 11.8. The van der Waals surface area contributed by atoms with Crippen molar-refractivity contribution in [2.75, 3.05) is 9.80 Å². The van der Waals surface area contributed by atoms with E-state index >= 15 is 0 Å². The van der Waals surface area contributed by atoms with Gasteiger partial charge in [0.15, 0.2) is 0 Å². The Bertz CT molecular complexity index is 3020. The topological polar surface area (TPSA) is 19.6 Å². The van der Waals surface area contributed by atoms with Crippen molar-refractivity contribution < 1.29 is 4.42 Å². The van der Waals surface area contributed by atoms with Crippen LogP contribution in [0.3, 0.4) is 0 Å². The van der Waals surface area contributed by atoms with Gasteiger partial charge < -0.3 is 14.2 Å². The summed E-state index contributed by atoms with van der Waals surface area (Å²) in [6.07, 6.45) is 0. The number of fused-ring (bicyclic) bond motifs is 11. The van der Waals surface area contributed by atoms with Crippen molar-refractivity contribution in [1.29, 1.82) is 0 Å². The molecule has 3 heteroatoms. The maximum absolute atomic E-state index is 6.99. The van der Waals surface area contributed by atoms with Crippen molar-refractivity contribution in [3.8, 4) is 11.1 Å². The van der Waals surface area contributed by atoms with Crippen molar-refractivity contribution >= 4 is 77.6 Å². The lowest BCUT2D eigenvalue weighted by molar-refractivity contribution is 0.657. The van der Waals surface area contributed by atoms with Crippen LogP contribution in [0.1, 0.15) is 25.0 Å². The first kappa shape index (κ1) is 32.3. The van der Waals surface area contributed by atoms with E-state index in [0.717, 1.165) is 45.0 Å². The number of hydrogen-bond acceptors (Lipinski definition) is 3. The highest BCUT2D eigenvalue weighted by atomic mass is 16.3. The monoisotopic (exact) mass is 718 g/mol. The van der Waals surface area contributed by atoms with Crippen LogP contribution in [-0.2, 0) is 5.41 Å². The molecule has 266 valence electrons. The first-order valence-corrected chi connectivity index (χ1v) is 19.4. The number of hydrogen-bond donors (Lipinski definition) is 0. The number of anilines is 6. The van der Waals surface area contributed by atoms with E-state index in [9.17, 15) is 0 Å². The number of furan rings is 1. The first-order valence-electron chi connectivity index (χ1n) is 19.4. The van der Waals surface area contributed by atoms with Crippen LogP contribution in [0.25, 0.3) is 54.6 Å². The fraction of sp³-hybridized carbons (Fsp3) is 0.0566. The molecule has 0 radical (unpaired) electrons. The van der Waals surface area contributed by atoms with Gasteiger partial charge in [-0.1, -0.05) is 141 Å². The van der Waals surface area contributed by atoms with Gasteiger partial charge in [-0.05, 0) is 93.7 Å².